The van der Waals surface area contributed by atoms with Crippen molar-refractivity contribution in [2.75, 3.05) is 5.32 Å². The van der Waals surface area contributed by atoms with Gasteiger partial charge in [-0.3, -0.25) is 4.79 Å². The van der Waals surface area contributed by atoms with E-state index in [-0.39, 0.29) is 5.91 Å². The van der Waals surface area contributed by atoms with Gasteiger partial charge in [0.25, 0.3) is 0 Å². The largest absolute Gasteiger partial charge is 0.387 e. The summed E-state index contributed by atoms with van der Waals surface area (Å²) in [6.45, 7) is 1.64. The van der Waals surface area contributed by atoms with E-state index in [0.29, 0.717) is 17.2 Å². The van der Waals surface area contributed by atoms with Crippen LogP contribution in [0.15, 0.2) is 35.7 Å². The van der Waals surface area contributed by atoms with Gasteiger partial charge in [-0.2, -0.15) is 0 Å². The molecule has 0 aliphatic carbocycles. The van der Waals surface area contributed by atoms with E-state index >= 15 is 0 Å². The molecule has 2 rings (SSSR count). The summed E-state index contributed by atoms with van der Waals surface area (Å²) in [5.74, 6) is -0.104. The maximum Gasteiger partial charge on any atom is 0.230 e. The van der Waals surface area contributed by atoms with E-state index in [9.17, 15) is 9.90 Å². The van der Waals surface area contributed by atoms with Crippen LogP contribution in [-0.4, -0.2) is 16.0 Å². The van der Waals surface area contributed by atoms with Gasteiger partial charge in [0.15, 0.2) is 5.13 Å². The average Bonchev–Trinajstić information content (AvgIpc) is 2.78. The number of benzene rings is 1. The standard InChI is InChI=1S/C13H14N2O2S/c1-9(16)11-8-18-13(14-11)15-12(17)7-10-5-3-2-4-6-10/h2-6,8-9,16H,7H2,1H3,(H,14,15,17). The summed E-state index contributed by atoms with van der Waals surface area (Å²) in [5, 5.41) is 14.3. The van der Waals surface area contributed by atoms with E-state index in [1.807, 2.05) is 30.3 Å². The first kappa shape index (κ1) is 12.7. The maximum absolute atomic E-state index is 11.8. The van der Waals surface area contributed by atoms with Gasteiger partial charge in [-0.25, -0.2) is 4.98 Å². The first-order valence-electron chi connectivity index (χ1n) is 5.62. The molecule has 1 aromatic carbocycles. The molecular weight excluding hydrogens is 248 g/mol. The summed E-state index contributed by atoms with van der Waals surface area (Å²) in [6.07, 6.45) is -0.286. The van der Waals surface area contributed by atoms with Crippen LogP contribution < -0.4 is 5.32 Å². The van der Waals surface area contributed by atoms with Crippen molar-refractivity contribution in [2.45, 2.75) is 19.4 Å². The number of aliphatic hydroxyl groups is 1. The zero-order valence-electron chi connectivity index (χ0n) is 9.96. The Bertz CT molecular complexity index is 523. The van der Waals surface area contributed by atoms with Crippen molar-refractivity contribution in [1.29, 1.82) is 0 Å². The Balaban J connectivity index is 1.95. The summed E-state index contributed by atoms with van der Waals surface area (Å²) < 4.78 is 0. The Morgan fingerprint density at radius 2 is 2.17 bits per heavy atom. The molecule has 2 aromatic rings. The van der Waals surface area contributed by atoms with Gasteiger partial charge in [-0.1, -0.05) is 30.3 Å². The fourth-order valence-electron chi connectivity index (χ4n) is 1.48. The third-order valence-corrected chi connectivity index (χ3v) is 3.18. The number of hydrogen-bond acceptors (Lipinski definition) is 4. The molecule has 5 heteroatoms. The molecule has 2 N–H and O–H groups in total. The predicted molar refractivity (Wildman–Crippen MR) is 71.5 cm³/mol. The molecule has 1 aromatic heterocycles. The van der Waals surface area contributed by atoms with Crippen LogP contribution in [0.2, 0.25) is 0 Å². The number of nitrogens with zero attached hydrogens (tertiary/aromatic N) is 1. The Morgan fingerprint density at radius 1 is 1.44 bits per heavy atom. The fraction of sp³-hybridized carbons (Fsp3) is 0.231. The van der Waals surface area contributed by atoms with Gasteiger partial charge in [0, 0.05) is 5.38 Å². The topological polar surface area (TPSA) is 62.2 Å². The highest BCUT2D eigenvalue weighted by Crippen LogP contribution is 2.20. The van der Waals surface area contributed by atoms with Gasteiger partial charge in [0.2, 0.25) is 5.91 Å². The van der Waals surface area contributed by atoms with Crippen LogP contribution >= 0.6 is 11.3 Å². The van der Waals surface area contributed by atoms with E-state index in [1.54, 1.807) is 12.3 Å². The van der Waals surface area contributed by atoms with Gasteiger partial charge < -0.3 is 10.4 Å². The van der Waals surface area contributed by atoms with Crippen molar-refractivity contribution in [1.82, 2.24) is 4.98 Å². The molecule has 0 saturated carbocycles. The van der Waals surface area contributed by atoms with E-state index in [2.05, 4.69) is 10.3 Å². The zero-order valence-corrected chi connectivity index (χ0v) is 10.8. The lowest BCUT2D eigenvalue weighted by Gasteiger charge is -2.02. The SMILES string of the molecule is CC(O)c1csc(NC(=O)Cc2ccccc2)n1. The molecule has 18 heavy (non-hydrogen) atoms. The first-order chi connectivity index (χ1) is 8.65. The van der Waals surface area contributed by atoms with Crippen LogP contribution in [0.1, 0.15) is 24.3 Å². The van der Waals surface area contributed by atoms with Crippen LogP contribution in [0.25, 0.3) is 0 Å². The summed E-state index contributed by atoms with van der Waals surface area (Å²) >= 11 is 1.31. The van der Waals surface area contributed by atoms with E-state index in [0.717, 1.165) is 5.56 Å². The first-order valence-corrected chi connectivity index (χ1v) is 6.50. The summed E-state index contributed by atoms with van der Waals surface area (Å²) in [5.41, 5.74) is 1.54. The monoisotopic (exact) mass is 262 g/mol. The Labute approximate surface area is 109 Å². The molecule has 1 unspecified atom stereocenters. The number of aliphatic hydroxyl groups excluding tert-OH is 1. The average molecular weight is 262 g/mol. The van der Waals surface area contributed by atoms with Crippen LogP contribution in [0.5, 0.6) is 0 Å². The minimum Gasteiger partial charge on any atom is -0.387 e. The molecule has 0 saturated heterocycles. The van der Waals surface area contributed by atoms with Gasteiger partial charge >= 0.3 is 0 Å². The van der Waals surface area contributed by atoms with Crippen LogP contribution in [0.3, 0.4) is 0 Å². The van der Waals surface area contributed by atoms with Crippen molar-refractivity contribution >= 4 is 22.4 Å². The van der Waals surface area contributed by atoms with Crippen LogP contribution in [0, 0.1) is 0 Å². The number of rotatable bonds is 4. The third kappa shape index (κ3) is 3.38. The molecule has 0 aliphatic rings. The molecule has 0 aliphatic heterocycles. The highest BCUT2D eigenvalue weighted by Gasteiger charge is 2.09. The second kappa shape index (κ2) is 5.75. The number of thiazole rings is 1. The lowest BCUT2D eigenvalue weighted by atomic mass is 10.1. The second-order valence-electron chi connectivity index (χ2n) is 3.96. The van der Waals surface area contributed by atoms with Gasteiger partial charge in [0.1, 0.15) is 0 Å². The van der Waals surface area contributed by atoms with Crippen LogP contribution in [-0.2, 0) is 11.2 Å². The fourth-order valence-corrected chi connectivity index (χ4v) is 2.29. The van der Waals surface area contributed by atoms with Crippen molar-refractivity contribution in [3.63, 3.8) is 0 Å². The smallest absolute Gasteiger partial charge is 0.230 e. The van der Waals surface area contributed by atoms with Gasteiger partial charge in [0.05, 0.1) is 18.2 Å². The Kier molecular flexibility index (Phi) is 4.07. The molecule has 94 valence electrons. The molecule has 1 amide bonds. The maximum atomic E-state index is 11.8. The summed E-state index contributed by atoms with van der Waals surface area (Å²) in [7, 11) is 0. The van der Waals surface area contributed by atoms with Gasteiger partial charge in [-0.05, 0) is 12.5 Å². The van der Waals surface area contributed by atoms with Crippen LogP contribution in [0.4, 0.5) is 5.13 Å². The van der Waals surface area contributed by atoms with Crippen molar-refractivity contribution in [3.05, 3.63) is 47.0 Å². The Hall–Kier alpha value is -1.72. The molecule has 1 atom stereocenters. The molecule has 0 radical (unpaired) electrons. The number of amides is 1. The van der Waals surface area contributed by atoms with E-state index in [4.69, 9.17) is 0 Å². The Morgan fingerprint density at radius 3 is 2.78 bits per heavy atom. The number of aromatic nitrogens is 1. The van der Waals surface area contributed by atoms with Crippen molar-refractivity contribution in [2.24, 2.45) is 0 Å². The molecule has 0 spiro atoms. The molecule has 1 heterocycles. The molecule has 0 bridgehead atoms. The van der Waals surface area contributed by atoms with E-state index < -0.39 is 6.10 Å². The van der Waals surface area contributed by atoms with Gasteiger partial charge in [-0.15, -0.1) is 11.3 Å². The highest BCUT2D eigenvalue weighted by molar-refractivity contribution is 7.13. The minimum absolute atomic E-state index is 0.104. The quantitative estimate of drug-likeness (QED) is 0.889. The minimum atomic E-state index is -0.610. The summed E-state index contributed by atoms with van der Waals surface area (Å²) in [4.78, 5) is 15.9. The zero-order chi connectivity index (χ0) is 13.0. The molecular formula is C13H14N2O2S. The lowest BCUT2D eigenvalue weighted by Crippen LogP contribution is -2.14. The van der Waals surface area contributed by atoms with Crippen molar-refractivity contribution in [3.8, 4) is 0 Å². The highest BCUT2D eigenvalue weighted by atomic mass is 32.1. The summed E-state index contributed by atoms with van der Waals surface area (Å²) in [6, 6.07) is 9.53. The number of anilines is 1. The second-order valence-corrected chi connectivity index (χ2v) is 4.82. The third-order valence-electron chi connectivity index (χ3n) is 2.40. The number of carbonyl (C=O) groups is 1. The van der Waals surface area contributed by atoms with Crippen molar-refractivity contribution < 1.29 is 9.90 Å². The lowest BCUT2D eigenvalue weighted by molar-refractivity contribution is -0.115. The number of hydrogen-bond donors (Lipinski definition) is 2. The molecule has 4 nitrogen and oxygen atoms in total. The predicted octanol–water partition coefficient (Wildman–Crippen LogP) is 2.38. The van der Waals surface area contributed by atoms with E-state index in [1.165, 1.54) is 11.3 Å². The number of nitrogens with one attached hydrogen (secondary N) is 1. The normalized spacial score (nSPS) is 12.1. The number of carbonyl (C=O) groups excluding carboxylic acids is 1. The molecule has 0 fully saturated rings.